The van der Waals surface area contributed by atoms with E-state index in [4.69, 9.17) is 0 Å². The molecule has 1 aliphatic heterocycles. The van der Waals surface area contributed by atoms with Crippen molar-refractivity contribution in [1.29, 1.82) is 0 Å². The van der Waals surface area contributed by atoms with Gasteiger partial charge in [-0.25, -0.2) is 0 Å². The van der Waals surface area contributed by atoms with E-state index in [1.54, 1.807) is 4.90 Å². The molecule has 0 radical (unpaired) electrons. The van der Waals surface area contributed by atoms with Gasteiger partial charge in [0.1, 0.15) is 0 Å². The van der Waals surface area contributed by atoms with E-state index < -0.39 is 0 Å². The Bertz CT molecular complexity index is 221. The lowest BCUT2D eigenvalue weighted by Crippen LogP contribution is -2.47. The number of likely N-dealkylation sites (tertiary alicyclic amines) is 1. The third-order valence-corrected chi connectivity index (χ3v) is 3.26. The number of aliphatic hydroxyl groups is 1. The number of nitrogens with zero attached hydrogens (tertiary/aromatic N) is 2. The summed E-state index contributed by atoms with van der Waals surface area (Å²) < 4.78 is 0. The van der Waals surface area contributed by atoms with E-state index in [1.807, 2.05) is 18.9 Å². The first-order valence-electron chi connectivity index (χ1n) is 5.69. The molecule has 1 N–H and O–H groups in total. The lowest BCUT2D eigenvalue weighted by molar-refractivity contribution is -0.131. The smallest absolute Gasteiger partial charge is 0.236 e. The van der Waals surface area contributed by atoms with E-state index in [9.17, 15) is 9.90 Å². The molecule has 1 fully saturated rings. The van der Waals surface area contributed by atoms with Crippen LogP contribution in [0.25, 0.3) is 0 Å². The van der Waals surface area contributed by atoms with Crippen molar-refractivity contribution in [1.82, 2.24) is 9.80 Å². The Labute approximate surface area is 91.9 Å². The molecule has 0 aliphatic carbocycles. The molecule has 1 saturated heterocycles. The number of hydrogen-bond donors (Lipinski definition) is 1. The fraction of sp³-hybridized carbons (Fsp3) is 0.909. The molecule has 2 atom stereocenters. The summed E-state index contributed by atoms with van der Waals surface area (Å²) in [6, 6.07) is 0. The highest BCUT2D eigenvalue weighted by Gasteiger charge is 2.25. The zero-order valence-corrected chi connectivity index (χ0v) is 9.94. The number of aliphatic hydroxyl groups excluding tert-OH is 1. The Morgan fingerprint density at radius 1 is 1.60 bits per heavy atom. The molecule has 88 valence electrons. The molecule has 1 amide bonds. The lowest BCUT2D eigenvalue weighted by Gasteiger charge is -2.34. The Morgan fingerprint density at radius 2 is 2.27 bits per heavy atom. The van der Waals surface area contributed by atoms with E-state index in [2.05, 4.69) is 6.92 Å². The standard InChI is InChI=1S/C11H22N2O2/c1-4-12(3)11(15)8-13-6-5-9(2)10(14)7-13/h9-10,14H,4-8H2,1-3H3. The number of amides is 1. The van der Waals surface area contributed by atoms with E-state index >= 15 is 0 Å². The molecule has 0 aromatic rings. The van der Waals surface area contributed by atoms with Crippen molar-refractivity contribution in [2.45, 2.75) is 26.4 Å². The van der Waals surface area contributed by atoms with Crippen molar-refractivity contribution in [2.24, 2.45) is 5.92 Å². The van der Waals surface area contributed by atoms with Gasteiger partial charge < -0.3 is 10.0 Å². The van der Waals surface area contributed by atoms with Crippen molar-refractivity contribution < 1.29 is 9.90 Å². The molecule has 1 aliphatic rings. The van der Waals surface area contributed by atoms with Gasteiger partial charge in [-0.05, 0) is 25.8 Å². The van der Waals surface area contributed by atoms with Crippen LogP contribution in [-0.4, -0.2) is 60.1 Å². The summed E-state index contributed by atoms with van der Waals surface area (Å²) in [5.41, 5.74) is 0. The summed E-state index contributed by atoms with van der Waals surface area (Å²) in [5, 5.41) is 9.69. The molecule has 4 heteroatoms. The topological polar surface area (TPSA) is 43.8 Å². The van der Waals surface area contributed by atoms with Crippen molar-refractivity contribution in [3.8, 4) is 0 Å². The van der Waals surface area contributed by atoms with E-state index in [0.29, 0.717) is 19.0 Å². The zero-order chi connectivity index (χ0) is 11.4. The highest BCUT2D eigenvalue weighted by Crippen LogP contribution is 2.16. The third kappa shape index (κ3) is 3.47. The van der Waals surface area contributed by atoms with E-state index in [1.165, 1.54) is 0 Å². The molecule has 1 rings (SSSR count). The summed E-state index contributed by atoms with van der Waals surface area (Å²) in [6.45, 7) is 6.75. The Morgan fingerprint density at radius 3 is 2.80 bits per heavy atom. The van der Waals surface area contributed by atoms with Crippen LogP contribution in [-0.2, 0) is 4.79 Å². The average Bonchev–Trinajstić information content (AvgIpc) is 2.22. The number of piperidine rings is 1. The second-order valence-corrected chi connectivity index (χ2v) is 4.48. The third-order valence-electron chi connectivity index (χ3n) is 3.26. The Balaban J connectivity index is 2.36. The fourth-order valence-corrected chi connectivity index (χ4v) is 1.75. The SMILES string of the molecule is CCN(C)C(=O)CN1CCC(C)C(O)C1. The van der Waals surface area contributed by atoms with Crippen LogP contribution >= 0.6 is 0 Å². The number of β-amino-alcohol motifs (C(OH)–C–C–N with tert-alkyl or cyclic N) is 1. The first kappa shape index (κ1) is 12.5. The minimum atomic E-state index is -0.279. The molecular formula is C11H22N2O2. The first-order chi connectivity index (χ1) is 7.04. The van der Waals surface area contributed by atoms with Gasteiger partial charge in [-0.2, -0.15) is 0 Å². The van der Waals surface area contributed by atoms with Crippen LogP contribution in [0.2, 0.25) is 0 Å². The second kappa shape index (κ2) is 5.47. The average molecular weight is 214 g/mol. The van der Waals surface area contributed by atoms with Gasteiger partial charge in [0.05, 0.1) is 12.6 Å². The maximum absolute atomic E-state index is 11.6. The van der Waals surface area contributed by atoms with Crippen molar-refractivity contribution in [2.75, 3.05) is 33.2 Å². The molecule has 0 spiro atoms. The molecule has 4 nitrogen and oxygen atoms in total. The number of rotatable bonds is 3. The van der Waals surface area contributed by atoms with Crippen LogP contribution in [0.1, 0.15) is 20.3 Å². The van der Waals surface area contributed by atoms with E-state index in [-0.39, 0.29) is 12.0 Å². The summed E-state index contributed by atoms with van der Waals surface area (Å²) in [6.07, 6.45) is 0.697. The highest BCUT2D eigenvalue weighted by molar-refractivity contribution is 5.77. The minimum absolute atomic E-state index is 0.138. The maximum atomic E-state index is 11.6. The van der Waals surface area contributed by atoms with Crippen LogP contribution < -0.4 is 0 Å². The Kier molecular flexibility index (Phi) is 4.54. The van der Waals surface area contributed by atoms with Crippen LogP contribution in [0.15, 0.2) is 0 Å². The van der Waals surface area contributed by atoms with Crippen LogP contribution in [0.4, 0.5) is 0 Å². The highest BCUT2D eigenvalue weighted by atomic mass is 16.3. The molecule has 1 heterocycles. The zero-order valence-electron chi connectivity index (χ0n) is 9.94. The number of hydrogen-bond acceptors (Lipinski definition) is 3. The predicted molar refractivity (Wildman–Crippen MR) is 59.5 cm³/mol. The summed E-state index contributed by atoms with van der Waals surface area (Å²) in [5.74, 6) is 0.500. The van der Waals surface area contributed by atoms with Crippen molar-refractivity contribution in [3.05, 3.63) is 0 Å². The fourth-order valence-electron chi connectivity index (χ4n) is 1.75. The number of carbonyl (C=O) groups is 1. The monoisotopic (exact) mass is 214 g/mol. The predicted octanol–water partition coefficient (Wildman–Crippen LogP) is 0.167. The van der Waals surface area contributed by atoms with Crippen molar-refractivity contribution >= 4 is 5.91 Å². The second-order valence-electron chi connectivity index (χ2n) is 4.48. The number of carbonyl (C=O) groups excluding carboxylic acids is 1. The summed E-state index contributed by atoms with van der Waals surface area (Å²) >= 11 is 0. The quantitative estimate of drug-likeness (QED) is 0.728. The van der Waals surface area contributed by atoms with Gasteiger partial charge in [-0.3, -0.25) is 9.69 Å². The molecule has 0 aromatic carbocycles. The molecular weight excluding hydrogens is 192 g/mol. The largest absolute Gasteiger partial charge is 0.392 e. The summed E-state index contributed by atoms with van der Waals surface area (Å²) in [7, 11) is 1.81. The molecule has 0 aromatic heterocycles. The van der Waals surface area contributed by atoms with Gasteiger partial charge in [0.2, 0.25) is 5.91 Å². The van der Waals surface area contributed by atoms with E-state index in [0.717, 1.165) is 19.5 Å². The van der Waals surface area contributed by atoms with Gasteiger partial charge >= 0.3 is 0 Å². The minimum Gasteiger partial charge on any atom is -0.392 e. The number of likely N-dealkylation sites (N-methyl/N-ethyl adjacent to an activating group) is 1. The lowest BCUT2D eigenvalue weighted by atomic mass is 9.96. The van der Waals surface area contributed by atoms with Gasteiger partial charge in [0.25, 0.3) is 0 Å². The summed E-state index contributed by atoms with van der Waals surface area (Å²) in [4.78, 5) is 15.4. The normalized spacial score (nSPS) is 27.7. The van der Waals surface area contributed by atoms with Crippen LogP contribution in [0.3, 0.4) is 0 Å². The molecule has 15 heavy (non-hydrogen) atoms. The first-order valence-corrected chi connectivity index (χ1v) is 5.69. The molecule has 0 bridgehead atoms. The maximum Gasteiger partial charge on any atom is 0.236 e. The Hall–Kier alpha value is -0.610. The van der Waals surface area contributed by atoms with Gasteiger partial charge in [0.15, 0.2) is 0 Å². The van der Waals surface area contributed by atoms with Gasteiger partial charge in [0, 0.05) is 20.1 Å². The van der Waals surface area contributed by atoms with Crippen LogP contribution in [0.5, 0.6) is 0 Å². The molecule has 0 saturated carbocycles. The molecule has 2 unspecified atom stereocenters. The van der Waals surface area contributed by atoms with Crippen molar-refractivity contribution in [3.63, 3.8) is 0 Å². The van der Waals surface area contributed by atoms with Gasteiger partial charge in [-0.1, -0.05) is 6.92 Å². The van der Waals surface area contributed by atoms with Crippen LogP contribution in [0, 0.1) is 5.92 Å². The van der Waals surface area contributed by atoms with Gasteiger partial charge in [-0.15, -0.1) is 0 Å².